The lowest BCUT2D eigenvalue weighted by atomic mass is 9.84. The highest BCUT2D eigenvalue weighted by molar-refractivity contribution is 6.76. The van der Waals surface area contributed by atoms with Gasteiger partial charge in [0.1, 0.15) is 12.4 Å². The third kappa shape index (κ3) is 6.41. The van der Waals surface area contributed by atoms with Crippen molar-refractivity contribution in [3.05, 3.63) is 24.0 Å². The molecule has 0 saturated heterocycles. The number of anilines is 1. The van der Waals surface area contributed by atoms with Crippen molar-refractivity contribution < 1.29 is 22.7 Å². The van der Waals surface area contributed by atoms with Gasteiger partial charge in [0.05, 0.1) is 24.5 Å². The van der Waals surface area contributed by atoms with E-state index in [-0.39, 0.29) is 17.9 Å². The number of fused-ring (bicyclic) bond motifs is 3. The van der Waals surface area contributed by atoms with Crippen molar-refractivity contribution in [2.24, 2.45) is 5.92 Å². The fraction of sp³-hybridized carbons (Fsp3) is 0.680. The third-order valence-corrected chi connectivity index (χ3v) is 8.94. The molecule has 1 aliphatic carbocycles. The molecule has 0 atom stereocenters. The molecule has 0 bridgehead atoms. The third-order valence-electron chi connectivity index (χ3n) is 7.23. The standard InChI is InChI=1S/C25H38F3N5O2Si/c1-31-16-33(19-7-5-18(6-8-19)13-29-15-25(26,27)28)22-20-9-10-32(17-35-11-12-36(2,3)4)23(20)30-14-21(22)24(31)34/h9-10,14,18-19,29H,5-8,11-13,15-17H2,1-4H3. The van der Waals surface area contributed by atoms with Crippen LogP contribution in [0.1, 0.15) is 36.0 Å². The second-order valence-electron chi connectivity index (χ2n) is 11.4. The predicted octanol–water partition coefficient (Wildman–Crippen LogP) is 4.91. The van der Waals surface area contributed by atoms with E-state index in [0.29, 0.717) is 25.5 Å². The second kappa shape index (κ2) is 10.7. The van der Waals surface area contributed by atoms with E-state index in [1.165, 1.54) is 0 Å². The van der Waals surface area contributed by atoms with Gasteiger partial charge in [-0.1, -0.05) is 19.6 Å². The molecular formula is C25H38F3N5O2Si. The molecule has 4 rings (SSSR count). The molecule has 1 amide bonds. The summed E-state index contributed by atoms with van der Waals surface area (Å²) in [5.41, 5.74) is 2.32. The zero-order valence-corrected chi connectivity index (χ0v) is 22.7. The maximum atomic E-state index is 13.0. The van der Waals surface area contributed by atoms with Crippen LogP contribution in [0.4, 0.5) is 18.9 Å². The molecule has 2 aliphatic rings. The summed E-state index contributed by atoms with van der Waals surface area (Å²) >= 11 is 0. The molecule has 1 saturated carbocycles. The number of rotatable bonds is 9. The summed E-state index contributed by atoms with van der Waals surface area (Å²) in [5.74, 6) is 0.193. The molecule has 2 aromatic heterocycles. The number of ether oxygens (including phenoxy) is 1. The minimum atomic E-state index is -4.18. The number of carbonyl (C=O) groups excluding carboxylic acids is 1. The molecule has 200 valence electrons. The Balaban J connectivity index is 1.48. The SMILES string of the molecule is CN1CN(C2CCC(CNCC(F)(F)F)CC2)c2c(cnc3c2ccn3COCC[Si](C)(C)C)C1=O. The number of hydrogen-bond acceptors (Lipinski definition) is 5. The molecule has 0 unspecified atom stereocenters. The number of hydrogen-bond donors (Lipinski definition) is 1. The van der Waals surface area contributed by atoms with Gasteiger partial charge in [0.15, 0.2) is 0 Å². The zero-order valence-electron chi connectivity index (χ0n) is 21.7. The first-order chi connectivity index (χ1) is 16.9. The van der Waals surface area contributed by atoms with Crippen molar-refractivity contribution in [1.82, 2.24) is 19.8 Å². The molecule has 7 nitrogen and oxygen atoms in total. The number of aromatic nitrogens is 2. The van der Waals surface area contributed by atoms with Crippen molar-refractivity contribution in [2.45, 2.75) is 70.3 Å². The van der Waals surface area contributed by atoms with Gasteiger partial charge in [0, 0.05) is 45.6 Å². The van der Waals surface area contributed by atoms with Crippen molar-refractivity contribution in [3.63, 3.8) is 0 Å². The van der Waals surface area contributed by atoms with Crippen molar-refractivity contribution in [2.75, 3.05) is 38.3 Å². The molecule has 1 fully saturated rings. The molecule has 1 N–H and O–H groups in total. The van der Waals surface area contributed by atoms with Crippen molar-refractivity contribution in [3.8, 4) is 0 Å². The van der Waals surface area contributed by atoms with Crippen LogP contribution in [0, 0.1) is 5.92 Å². The molecular weight excluding hydrogens is 487 g/mol. The number of nitrogens with zero attached hydrogens (tertiary/aromatic N) is 4. The van der Waals surface area contributed by atoms with E-state index >= 15 is 0 Å². The number of amides is 1. The van der Waals surface area contributed by atoms with E-state index in [9.17, 15) is 18.0 Å². The summed E-state index contributed by atoms with van der Waals surface area (Å²) in [5, 5.41) is 3.50. The fourth-order valence-corrected chi connectivity index (χ4v) is 5.94. The lowest BCUT2D eigenvalue weighted by Gasteiger charge is -2.44. The highest BCUT2D eigenvalue weighted by atomic mass is 28.3. The Bertz CT molecular complexity index is 1060. The zero-order chi connectivity index (χ0) is 26.1. The van der Waals surface area contributed by atoms with E-state index in [2.05, 4.69) is 34.8 Å². The van der Waals surface area contributed by atoms with E-state index in [0.717, 1.165) is 55.1 Å². The Kier molecular flexibility index (Phi) is 8.01. The van der Waals surface area contributed by atoms with E-state index in [1.54, 1.807) is 18.1 Å². The van der Waals surface area contributed by atoms with Gasteiger partial charge in [0.2, 0.25) is 0 Å². The van der Waals surface area contributed by atoms with Gasteiger partial charge in [-0.2, -0.15) is 13.2 Å². The molecule has 36 heavy (non-hydrogen) atoms. The summed E-state index contributed by atoms with van der Waals surface area (Å²) in [6.45, 7) is 8.04. The van der Waals surface area contributed by atoms with E-state index < -0.39 is 20.8 Å². The summed E-state index contributed by atoms with van der Waals surface area (Å²) in [4.78, 5) is 21.6. The Morgan fingerprint density at radius 3 is 2.58 bits per heavy atom. The van der Waals surface area contributed by atoms with Gasteiger partial charge < -0.3 is 24.4 Å². The smallest absolute Gasteiger partial charge is 0.361 e. The summed E-state index contributed by atoms with van der Waals surface area (Å²) in [7, 11) is 0.629. The van der Waals surface area contributed by atoms with Crippen LogP contribution in [-0.4, -0.2) is 74.1 Å². The quantitative estimate of drug-likeness (QED) is 0.372. The Morgan fingerprint density at radius 1 is 1.19 bits per heavy atom. The monoisotopic (exact) mass is 525 g/mol. The molecule has 2 aromatic rings. The van der Waals surface area contributed by atoms with E-state index in [4.69, 9.17) is 4.74 Å². The summed E-state index contributed by atoms with van der Waals surface area (Å²) in [6.07, 6.45) is 2.94. The van der Waals surface area contributed by atoms with Crippen LogP contribution in [0.25, 0.3) is 11.0 Å². The maximum absolute atomic E-state index is 13.0. The van der Waals surface area contributed by atoms with E-state index in [1.807, 2.05) is 16.8 Å². The molecule has 0 aromatic carbocycles. The topological polar surface area (TPSA) is 62.6 Å². The Labute approximate surface area is 212 Å². The first kappa shape index (κ1) is 26.9. The van der Waals surface area contributed by atoms with Gasteiger partial charge in [-0.3, -0.25) is 4.79 Å². The molecule has 3 heterocycles. The number of carbonyl (C=O) groups is 1. The molecule has 11 heteroatoms. The van der Waals surface area contributed by atoms with Gasteiger partial charge in [-0.25, -0.2) is 4.98 Å². The van der Waals surface area contributed by atoms with Crippen LogP contribution < -0.4 is 10.2 Å². The minimum Gasteiger partial charge on any atom is -0.361 e. The van der Waals surface area contributed by atoms with Gasteiger partial charge in [0.25, 0.3) is 5.91 Å². The first-order valence-corrected chi connectivity index (χ1v) is 16.5. The number of nitrogens with one attached hydrogen (secondary N) is 1. The van der Waals surface area contributed by atoms with Crippen LogP contribution in [0.15, 0.2) is 18.5 Å². The molecule has 0 radical (unpaired) electrons. The summed E-state index contributed by atoms with van der Waals surface area (Å²) in [6, 6.07) is 3.33. The maximum Gasteiger partial charge on any atom is 0.401 e. The lowest BCUT2D eigenvalue weighted by molar-refractivity contribution is -0.125. The van der Waals surface area contributed by atoms with Gasteiger partial charge >= 0.3 is 6.18 Å². The molecule has 1 aliphatic heterocycles. The van der Waals surface area contributed by atoms with Crippen molar-refractivity contribution in [1.29, 1.82) is 0 Å². The van der Waals surface area contributed by atoms with Crippen molar-refractivity contribution >= 4 is 30.7 Å². The number of pyridine rings is 1. The lowest BCUT2D eigenvalue weighted by Crippen LogP contribution is -2.50. The van der Waals surface area contributed by atoms with Crippen LogP contribution in [-0.2, 0) is 11.5 Å². The first-order valence-electron chi connectivity index (χ1n) is 12.8. The van der Waals surface area contributed by atoms with Gasteiger partial charge in [-0.15, -0.1) is 0 Å². The fourth-order valence-electron chi connectivity index (χ4n) is 5.18. The second-order valence-corrected chi connectivity index (χ2v) is 17.0. The minimum absolute atomic E-state index is 0.0418. The van der Waals surface area contributed by atoms with Crippen LogP contribution in [0.5, 0.6) is 0 Å². The van der Waals surface area contributed by atoms with Gasteiger partial charge in [-0.05, 0) is 50.3 Å². The number of alkyl halides is 3. The Hall–Kier alpha value is -2.11. The summed E-state index contributed by atoms with van der Waals surface area (Å²) < 4.78 is 45.4. The highest BCUT2D eigenvalue weighted by Gasteiger charge is 2.36. The molecule has 0 spiro atoms. The van der Waals surface area contributed by atoms with Crippen LogP contribution in [0.3, 0.4) is 0 Å². The highest BCUT2D eigenvalue weighted by Crippen LogP contribution is 2.39. The predicted molar refractivity (Wildman–Crippen MR) is 138 cm³/mol. The largest absolute Gasteiger partial charge is 0.401 e. The average Bonchev–Trinajstić information content (AvgIpc) is 3.21. The van der Waals surface area contributed by atoms with Crippen LogP contribution >= 0.6 is 0 Å². The number of halogens is 3. The Morgan fingerprint density at radius 2 is 1.92 bits per heavy atom. The average molecular weight is 526 g/mol. The normalized spacial score (nSPS) is 21.4. The van der Waals surface area contributed by atoms with Crippen LogP contribution in [0.2, 0.25) is 25.7 Å².